The first-order chi connectivity index (χ1) is 15.1. The normalized spacial score (nSPS) is 14.1. The van der Waals surface area contributed by atoms with Crippen LogP contribution in [0.4, 0.5) is 19.6 Å². The third-order valence-corrected chi connectivity index (χ3v) is 7.34. The number of amides is 1. The molecule has 2 aromatic heterocycles. The number of hydrogen-bond acceptors (Lipinski definition) is 7. The number of halogens is 2. The van der Waals surface area contributed by atoms with Gasteiger partial charge in [0.1, 0.15) is 0 Å². The highest BCUT2D eigenvalue weighted by molar-refractivity contribution is 7.92. The maximum absolute atomic E-state index is 13.8. The number of ether oxygens (including phenoxy) is 1. The zero-order valence-electron chi connectivity index (χ0n) is 17.0. The molecule has 0 unspecified atom stereocenters. The van der Waals surface area contributed by atoms with Gasteiger partial charge in [-0.1, -0.05) is 0 Å². The van der Waals surface area contributed by atoms with Crippen molar-refractivity contribution in [2.45, 2.75) is 24.8 Å². The second-order valence-electron chi connectivity index (χ2n) is 7.23. The number of pyridine rings is 1. The molecule has 1 amide bonds. The summed E-state index contributed by atoms with van der Waals surface area (Å²) in [6.07, 6.45) is 1.24. The maximum atomic E-state index is 13.8. The molecule has 1 fully saturated rings. The van der Waals surface area contributed by atoms with Gasteiger partial charge in [0, 0.05) is 23.3 Å². The molecular weight excluding hydrogens is 462 g/mol. The standard InChI is InChI=1S/C20H18F2N4O4S2/c1-10-5-14(24-11(2)27)7-23-19(10)32(28,29)26-20-25-17(18(31-20)13-8-30-9-13)12-3-4-15(21)16(22)6-12/h3-7,13H,8-9H2,1-2H3,(H,24,27)(H,25,26). The fraction of sp³-hybridized carbons (Fsp3) is 0.250. The largest absolute Gasteiger partial charge is 0.380 e. The SMILES string of the molecule is CC(=O)Nc1cnc(S(=O)(=O)Nc2nc(-c3ccc(F)c(F)c3)c(C3COC3)s2)c(C)c1. The third kappa shape index (κ3) is 4.47. The molecule has 0 saturated carbocycles. The van der Waals surface area contributed by atoms with Gasteiger partial charge in [-0.3, -0.25) is 9.52 Å². The molecule has 1 aliphatic heterocycles. The van der Waals surface area contributed by atoms with Crippen molar-refractivity contribution in [2.24, 2.45) is 0 Å². The fourth-order valence-electron chi connectivity index (χ4n) is 3.17. The number of nitrogens with one attached hydrogen (secondary N) is 2. The lowest BCUT2D eigenvalue weighted by atomic mass is 10.0. The molecule has 3 heterocycles. The summed E-state index contributed by atoms with van der Waals surface area (Å²) in [4.78, 5) is 20.2. The van der Waals surface area contributed by atoms with Crippen molar-refractivity contribution < 1.29 is 26.7 Å². The van der Waals surface area contributed by atoms with Crippen molar-refractivity contribution in [3.05, 3.63) is 52.5 Å². The van der Waals surface area contributed by atoms with E-state index < -0.39 is 21.7 Å². The van der Waals surface area contributed by atoms with Gasteiger partial charge in [0.2, 0.25) is 5.91 Å². The summed E-state index contributed by atoms with van der Waals surface area (Å²) in [5.74, 6) is -2.33. The number of aromatic nitrogens is 2. The van der Waals surface area contributed by atoms with Crippen LogP contribution in [0.2, 0.25) is 0 Å². The van der Waals surface area contributed by atoms with Crippen LogP contribution in [0.5, 0.6) is 0 Å². The van der Waals surface area contributed by atoms with Crippen molar-refractivity contribution >= 4 is 38.1 Å². The molecule has 1 aromatic carbocycles. The molecule has 1 saturated heterocycles. The average molecular weight is 481 g/mol. The van der Waals surface area contributed by atoms with E-state index in [4.69, 9.17) is 4.74 Å². The molecule has 0 bridgehead atoms. The van der Waals surface area contributed by atoms with Crippen LogP contribution in [0.25, 0.3) is 11.3 Å². The van der Waals surface area contributed by atoms with Gasteiger partial charge in [-0.15, -0.1) is 11.3 Å². The zero-order chi connectivity index (χ0) is 23.0. The van der Waals surface area contributed by atoms with Crippen LogP contribution in [0.15, 0.2) is 35.5 Å². The van der Waals surface area contributed by atoms with Crippen molar-refractivity contribution in [1.29, 1.82) is 0 Å². The Morgan fingerprint density at radius 3 is 2.56 bits per heavy atom. The van der Waals surface area contributed by atoms with Crippen molar-refractivity contribution in [3.63, 3.8) is 0 Å². The summed E-state index contributed by atoms with van der Waals surface area (Å²) in [7, 11) is -4.10. The number of sulfonamides is 1. The van der Waals surface area contributed by atoms with Crippen molar-refractivity contribution in [1.82, 2.24) is 9.97 Å². The molecule has 1 aliphatic rings. The van der Waals surface area contributed by atoms with E-state index in [0.29, 0.717) is 40.6 Å². The van der Waals surface area contributed by atoms with Crippen LogP contribution in [0.3, 0.4) is 0 Å². The van der Waals surface area contributed by atoms with E-state index in [0.717, 1.165) is 23.5 Å². The topological polar surface area (TPSA) is 110 Å². The summed E-state index contributed by atoms with van der Waals surface area (Å²) < 4.78 is 60.7. The smallest absolute Gasteiger partial charge is 0.281 e. The van der Waals surface area contributed by atoms with Gasteiger partial charge in [-0.05, 0) is 36.8 Å². The molecule has 0 atom stereocenters. The minimum atomic E-state index is -4.10. The molecule has 0 spiro atoms. The number of thiazole rings is 1. The Morgan fingerprint density at radius 2 is 1.97 bits per heavy atom. The van der Waals surface area contributed by atoms with E-state index in [1.165, 1.54) is 25.3 Å². The van der Waals surface area contributed by atoms with Crippen LogP contribution < -0.4 is 10.0 Å². The van der Waals surface area contributed by atoms with E-state index in [1.54, 1.807) is 6.92 Å². The van der Waals surface area contributed by atoms with E-state index >= 15 is 0 Å². The first kappa shape index (κ1) is 22.2. The van der Waals surface area contributed by atoms with E-state index in [-0.39, 0.29) is 22.0 Å². The molecule has 8 nitrogen and oxygen atoms in total. The number of hydrogen-bond donors (Lipinski definition) is 2. The Labute approximate surface area is 186 Å². The lowest BCUT2D eigenvalue weighted by molar-refractivity contribution is -0.114. The monoisotopic (exact) mass is 480 g/mol. The summed E-state index contributed by atoms with van der Waals surface area (Å²) in [6.45, 7) is 3.74. The Morgan fingerprint density at radius 1 is 1.22 bits per heavy atom. The molecule has 168 valence electrons. The molecule has 32 heavy (non-hydrogen) atoms. The number of carbonyl (C=O) groups excluding carboxylic acids is 1. The minimum absolute atomic E-state index is 0.0225. The Kier molecular flexibility index (Phi) is 5.93. The second-order valence-corrected chi connectivity index (χ2v) is 9.86. The van der Waals surface area contributed by atoms with Gasteiger partial charge in [-0.2, -0.15) is 8.42 Å². The number of anilines is 2. The minimum Gasteiger partial charge on any atom is -0.380 e. The summed E-state index contributed by atoms with van der Waals surface area (Å²) in [5, 5.41) is 2.39. The van der Waals surface area contributed by atoms with Gasteiger partial charge in [0.25, 0.3) is 10.0 Å². The Bertz CT molecular complexity index is 1310. The third-order valence-electron chi connectivity index (χ3n) is 4.68. The van der Waals surface area contributed by atoms with Crippen LogP contribution in [-0.4, -0.2) is 37.5 Å². The predicted molar refractivity (Wildman–Crippen MR) is 115 cm³/mol. The number of benzene rings is 1. The van der Waals surface area contributed by atoms with E-state index in [1.807, 2.05) is 0 Å². The fourth-order valence-corrected chi connectivity index (χ4v) is 5.62. The van der Waals surface area contributed by atoms with Crippen molar-refractivity contribution in [3.8, 4) is 11.3 Å². The van der Waals surface area contributed by atoms with Crippen LogP contribution >= 0.6 is 11.3 Å². The second kappa shape index (κ2) is 8.52. The van der Waals surface area contributed by atoms with Crippen LogP contribution in [0, 0.1) is 18.6 Å². The molecule has 3 aromatic rings. The molecule has 0 radical (unpaired) electrons. The molecule has 12 heteroatoms. The first-order valence-corrected chi connectivity index (χ1v) is 11.7. The van der Waals surface area contributed by atoms with Crippen LogP contribution in [0.1, 0.15) is 23.3 Å². The quantitative estimate of drug-likeness (QED) is 0.557. The highest BCUT2D eigenvalue weighted by atomic mass is 32.2. The van der Waals surface area contributed by atoms with E-state index in [9.17, 15) is 22.0 Å². The molecule has 0 aliphatic carbocycles. The summed E-state index contributed by atoms with van der Waals surface area (Å²) in [5.41, 5.74) is 1.40. The maximum Gasteiger partial charge on any atom is 0.281 e. The summed E-state index contributed by atoms with van der Waals surface area (Å²) >= 11 is 1.10. The average Bonchev–Trinajstić information content (AvgIpc) is 3.04. The number of carbonyl (C=O) groups is 1. The highest BCUT2D eigenvalue weighted by Crippen LogP contribution is 2.40. The lowest BCUT2D eigenvalue weighted by Crippen LogP contribution is -2.24. The van der Waals surface area contributed by atoms with Gasteiger partial charge in [-0.25, -0.2) is 18.7 Å². The number of nitrogens with zero attached hydrogens (tertiary/aromatic N) is 2. The van der Waals surface area contributed by atoms with Crippen LogP contribution in [-0.2, 0) is 19.6 Å². The lowest BCUT2D eigenvalue weighted by Gasteiger charge is -2.25. The van der Waals surface area contributed by atoms with Gasteiger partial charge in [0.15, 0.2) is 21.8 Å². The Hall–Kier alpha value is -2.96. The highest BCUT2D eigenvalue weighted by Gasteiger charge is 2.29. The first-order valence-electron chi connectivity index (χ1n) is 9.45. The number of aryl methyl sites for hydroxylation is 1. The van der Waals surface area contributed by atoms with Gasteiger partial charge >= 0.3 is 0 Å². The number of rotatable bonds is 6. The van der Waals surface area contributed by atoms with Crippen molar-refractivity contribution in [2.75, 3.05) is 23.3 Å². The molecular formula is C20H18F2N4O4S2. The predicted octanol–water partition coefficient (Wildman–Crippen LogP) is 3.66. The molecule has 4 rings (SSSR count). The van der Waals surface area contributed by atoms with Gasteiger partial charge in [0.05, 0.1) is 30.8 Å². The van der Waals surface area contributed by atoms with E-state index in [2.05, 4.69) is 20.0 Å². The zero-order valence-corrected chi connectivity index (χ0v) is 18.6. The van der Waals surface area contributed by atoms with Gasteiger partial charge < -0.3 is 10.1 Å². The molecule has 2 N–H and O–H groups in total. The summed E-state index contributed by atoms with van der Waals surface area (Å²) in [6, 6.07) is 4.91. The Balaban J connectivity index is 1.67.